The van der Waals surface area contributed by atoms with Crippen LogP contribution in [0.3, 0.4) is 0 Å². The molecule has 2 aliphatic rings. The molecule has 1 fully saturated rings. The Labute approximate surface area is 169 Å². The number of halogens is 1. The summed E-state index contributed by atoms with van der Waals surface area (Å²) in [7, 11) is 1.74. The summed E-state index contributed by atoms with van der Waals surface area (Å²) in [5.41, 5.74) is 2.98. The van der Waals surface area contributed by atoms with E-state index in [4.69, 9.17) is 9.73 Å². The molecule has 2 N–H and O–H groups in total. The molecule has 2 aromatic rings. The number of hydrogen-bond acceptors (Lipinski definition) is 6. The molecule has 1 saturated heterocycles. The smallest absolute Gasteiger partial charge is 0.134 e. The van der Waals surface area contributed by atoms with Gasteiger partial charge in [-0.15, -0.1) is 11.3 Å². The van der Waals surface area contributed by atoms with Gasteiger partial charge >= 0.3 is 0 Å². The second kappa shape index (κ2) is 8.59. The Morgan fingerprint density at radius 1 is 1.36 bits per heavy atom. The third-order valence-electron chi connectivity index (χ3n) is 5.31. The minimum atomic E-state index is -0.222. The zero-order chi connectivity index (χ0) is 19.5. The van der Waals surface area contributed by atoms with Gasteiger partial charge in [-0.2, -0.15) is 0 Å². The van der Waals surface area contributed by atoms with Crippen molar-refractivity contribution in [3.05, 3.63) is 46.1 Å². The van der Waals surface area contributed by atoms with Gasteiger partial charge in [0, 0.05) is 50.0 Å². The van der Waals surface area contributed by atoms with Crippen LogP contribution in [0.2, 0.25) is 0 Å². The predicted molar refractivity (Wildman–Crippen MR) is 113 cm³/mol. The molecule has 0 bridgehead atoms. The average molecular weight is 403 g/mol. The largest absolute Gasteiger partial charge is 0.385 e. The molecular formula is C21H27FN4OS. The van der Waals surface area contributed by atoms with Crippen LogP contribution < -0.4 is 10.6 Å². The van der Waals surface area contributed by atoms with Crippen LogP contribution in [0, 0.1) is 5.82 Å². The Kier molecular flexibility index (Phi) is 5.94. The molecule has 1 aromatic carbocycles. The third-order valence-corrected chi connectivity index (χ3v) is 6.51. The first-order chi connectivity index (χ1) is 13.7. The summed E-state index contributed by atoms with van der Waals surface area (Å²) in [5, 5.41) is 8.22. The standard InChI is InChI=1S/C21H27FN4OS/c1-3-17-11-18-20(26-8-7-23-16(13-26)6-9-27-2)24-12-14-10-15(22)4-5-19(14)25-21(18)28-17/h4-5,10-11,16,23,25H,3,6-9,12-13H2,1-2H3/t16-/m0/s1. The van der Waals surface area contributed by atoms with Crippen LogP contribution in [0.1, 0.15) is 29.3 Å². The molecule has 3 heterocycles. The molecule has 7 heteroatoms. The van der Waals surface area contributed by atoms with Crippen molar-refractivity contribution in [3.63, 3.8) is 0 Å². The van der Waals surface area contributed by atoms with Crippen LogP contribution in [-0.4, -0.2) is 50.1 Å². The van der Waals surface area contributed by atoms with Gasteiger partial charge in [-0.3, -0.25) is 4.99 Å². The van der Waals surface area contributed by atoms with Crippen LogP contribution in [0.5, 0.6) is 0 Å². The zero-order valence-electron chi connectivity index (χ0n) is 16.4. The van der Waals surface area contributed by atoms with Crippen LogP contribution in [-0.2, 0) is 17.7 Å². The van der Waals surface area contributed by atoms with Crippen molar-refractivity contribution in [1.29, 1.82) is 0 Å². The molecule has 1 aromatic heterocycles. The van der Waals surface area contributed by atoms with Gasteiger partial charge in [-0.25, -0.2) is 4.39 Å². The number of piperazine rings is 1. The lowest BCUT2D eigenvalue weighted by Gasteiger charge is -2.36. The number of fused-ring (bicyclic) bond motifs is 2. The fourth-order valence-electron chi connectivity index (χ4n) is 3.80. The Hall–Kier alpha value is -1.96. The third kappa shape index (κ3) is 4.06. The second-order valence-corrected chi connectivity index (χ2v) is 8.39. The molecule has 0 amide bonds. The molecule has 5 nitrogen and oxygen atoms in total. The van der Waals surface area contributed by atoms with Gasteiger partial charge < -0.3 is 20.3 Å². The summed E-state index contributed by atoms with van der Waals surface area (Å²) in [6, 6.07) is 7.54. The minimum Gasteiger partial charge on any atom is -0.385 e. The number of nitrogens with zero attached hydrogens (tertiary/aromatic N) is 2. The first-order valence-corrected chi connectivity index (χ1v) is 10.7. The highest BCUT2D eigenvalue weighted by molar-refractivity contribution is 7.16. The van der Waals surface area contributed by atoms with Gasteiger partial charge in [0.05, 0.1) is 12.1 Å². The lowest BCUT2D eigenvalue weighted by molar-refractivity contribution is 0.168. The molecule has 4 rings (SSSR count). The highest BCUT2D eigenvalue weighted by Gasteiger charge is 2.26. The van der Waals surface area contributed by atoms with Crippen molar-refractivity contribution in [2.24, 2.45) is 4.99 Å². The normalized spacial score (nSPS) is 19.2. The van der Waals surface area contributed by atoms with Gasteiger partial charge in [0.2, 0.25) is 0 Å². The summed E-state index contributed by atoms with van der Waals surface area (Å²) in [4.78, 5) is 8.67. The molecule has 150 valence electrons. The second-order valence-electron chi connectivity index (χ2n) is 7.25. The molecule has 28 heavy (non-hydrogen) atoms. The van der Waals surface area contributed by atoms with Gasteiger partial charge in [0.1, 0.15) is 16.7 Å². The number of rotatable bonds is 4. The maximum absolute atomic E-state index is 13.8. The summed E-state index contributed by atoms with van der Waals surface area (Å²) in [6.07, 6.45) is 1.96. The van der Waals surface area contributed by atoms with E-state index in [0.717, 1.165) is 66.7 Å². The summed E-state index contributed by atoms with van der Waals surface area (Å²) in [6.45, 7) is 6.12. The van der Waals surface area contributed by atoms with E-state index in [1.54, 1.807) is 24.5 Å². The van der Waals surface area contributed by atoms with Crippen molar-refractivity contribution in [1.82, 2.24) is 10.2 Å². The van der Waals surface area contributed by atoms with Gasteiger partial charge in [-0.05, 0) is 42.7 Å². The number of anilines is 2. The van der Waals surface area contributed by atoms with Crippen molar-refractivity contribution in [3.8, 4) is 0 Å². The average Bonchev–Trinajstić information content (AvgIpc) is 3.09. The topological polar surface area (TPSA) is 48.9 Å². The van der Waals surface area contributed by atoms with Crippen molar-refractivity contribution in [2.45, 2.75) is 32.4 Å². The van der Waals surface area contributed by atoms with Crippen LogP contribution in [0.25, 0.3) is 0 Å². The number of thiophene rings is 1. The monoisotopic (exact) mass is 402 g/mol. The van der Waals surface area contributed by atoms with E-state index >= 15 is 0 Å². The van der Waals surface area contributed by atoms with Crippen LogP contribution >= 0.6 is 11.3 Å². The highest BCUT2D eigenvalue weighted by Crippen LogP contribution is 2.36. The lowest BCUT2D eigenvalue weighted by atomic mass is 10.1. The van der Waals surface area contributed by atoms with Gasteiger partial charge in [0.15, 0.2) is 0 Å². The number of benzene rings is 1. The molecule has 0 saturated carbocycles. The maximum Gasteiger partial charge on any atom is 0.134 e. The predicted octanol–water partition coefficient (Wildman–Crippen LogP) is 3.76. The van der Waals surface area contributed by atoms with Crippen molar-refractivity contribution in [2.75, 3.05) is 38.7 Å². The number of ether oxygens (including phenoxy) is 1. The molecule has 0 spiro atoms. The lowest BCUT2D eigenvalue weighted by Crippen LogP contribution is -2.53. The maximum atomic E-state index is 13.8. The number of hydrogen-bond donors (Lipinski definition) is 2. The summed E-state index contributed by atoms with van der Waals surface area (Å²) in [5.74, 6) is 0.789. The first-order valence-electron chi connectivity index (χ1n) is 9.88. The Bertz CT molecular complexity index is 866. The Morgan fingerprint density at radius 2 is 2.25 bits per heavy atom. The van der Waals surface area contributed by atoms with Gasteiger partial charge in [0.25, 0.3) is 0 Å². The summed E-state index contributed by atoms with van der Waals surface area (Å²) < 4.78 is 19.1. The Balaban J connectivity index is 1.69. The van der Waals surface area contributed by atoms with E-state index in [1.807, 2.05) is 6.07 Å². The van der Waals surface area contributed by atoms with E-state index in [9.17, 15) is 4.39 Å². The Morgan fingerprint density at radius 3 is 3.07 bits per heavy atom. The first kappa shape index (κ1) is 19.4. The molecule has 0 aliphatic carbocycles. The minimum absolute atomic E-state index is 0.222. The zero-order valence-corrected chi connectivity index (χ0v) is 17.2. The van der Waals surface area contributed by atoms with Crippen molar-refractivity contribution >= 4 is 27.9 Å². The number of nitrogens with one attached hydrogen (secondary N) is 2. The molecular weight excluding hydrogens is 375 g/mol. The van der Waals surface area contributed by atoms with E-state index in [2.05, 4.69) is 28.5 Å². The highest BCUT2D eigenvalue weighted by atomic mass is 32.1. The molecule has 0 radical (unpaired) electrons. The number of aryl methyl sites for hydroxylation is 1. The SMILES string of the molecule is CCc1cc2c(s1)Nc1ccc(F)cc1CN=C2N1CCN[C@@H](CCOC)C1. The quantitative estimate of drug-likeness (QED) is 0.818. The van der Waals surface area contributed by atoms with Crippen LogP contribution in [0.15, 0.2) is 29.3 Å². The van der Waals surface area contributed by atoms with Crippen molar-refractivity contribution < 1.29 is 9.13 Å². The molecule has 1 atom stereocenters. The van der Waals surface area contributed by atoms with E-state index in [-0.39, 0.29) is 5.82 Å². The number of aliphatic imine (C=N–C) groups is 1. The number of amidine groups is 1. The molecule has 2 aliphatic heterocycles. The van der Waals surface area contributed by atoms with E-state index in [0.29, 0.717) is 12.6 Å². The van der Waals surface area contributed by atoms with E-state index in [1.165, 1.54) is 10.9 Å². The fourth-order valence-corrected chi connectivity index (χ4v) is 4.80. The van der Waals surface area contributed by atoms with Gasteiger partial charge in [-0.1, -0.05) is 6.92 Å². The molecule has 0 unspecified atom stereocenters. The van der Waals surface area contributed by atoms with E-state index < -0.39 is 0 Å². The summed E-state index contributed by atoms with van der Waals surface area (Å²) >= 11 is 1.76. The fraction of sp³-hybridized carbons (Fsp3) is 0.476. The van der Waals surface area contributed by atoms with Crippen LogP contribution in [0.4, 0.5) is 15.1 Å². The number of methoxy groups -OCH3 is 1.